The van der Waals surface area contributed by atoms with Crippen LogP contribution in [0, 0.1) is 24.2 Å². The summed E-state index contributed by atoms with van der Waals surface area (Å²) in [6, 6.07) is 18.9. The first-order valence-electron chi connectivity index (χ1n) is 13.2. The van der Waals surface area contributed by atoms with Gasteiger partial charge in [-0.25, -0.2) is 0 Å². The molecule has 7 nitrogen and oxygen atoms in total. The molecule has 0 saturated carbocycles. The molecular formula is C31H28ClF3N4O3. The molecule has 0 radical (unpaired) electrons. The molecule has 3 N–H and O–H groups in total. The van der Waals surface area contributed by atoms with Crippen LogP contribution in [0.15, 0.2) is 66.7 Å². The summed E-state index contributed by atoms with van der Waals surface area (Å²) in [5.74, 6) is -5.05. The topological polar surface area (TPSA) is 116 Å². The van der Waals surface area contributed by atoms with E-state index in [4.69, 9.17) is 17.3 Å². The maximum atomic E-state index is 13.7. The number of Topliss-reactive ketones (excluding diaryl/α,β-unsaturated/α-hetero) is 1. The summed E-state index contributed by atoms with van der Waals surface area (Å²) in [5.41, 5.74) is 8.89. The van der Waals surface area contributed by atoms with Crippen molar-refractivity contribution in [3.8, 4) is 6.07 Å². The standard InChI is InChI=1S/C31H28ClF3N4O3/c1-18-6-5-9-26-24(18)15-27(40)25(17-39(26)22-13-19(16-36)12-21(32)14-22)38-30(42)23(10-11-31(33,34)35)28(29(37)41)20-7-3-2-4-8-20/h2-9,12-14,23,25,28H,10-11,15,17H2,1H3,(H2,37,41)(H,38,42)/t23-,25+,28+/m1/s1. The van der Waals surface area contributed by atoms with Crippen LogP contribution in [0.1, 0.15) is 41.0 Å². The van der Waals surface area contributed by atoms with Gasteiger partial charge in [-0.2, -0.15) is 18.4 Å². The molecule has 1 heterocycles. The average Bonchev–Trinajstić information content (AvgIpc) is 3.07. The number of anilines is 2. The Morgan fingerprint density at radius 1 is 1.14 bits per heavy atom. The summed E-state index contributed by atoms with van der Waals surface area (Å²) in [4.78, 5) is 41.6. The molecule has 0 aliphatic carbocycles. The smallest absolute Gasteiger partial charge is 0.369 e. The van der Waals surface area contributed by atoms with Crippen LogP contribution < -0.4 is 16.0 Å². The molecule has 2 amide bonds. The van der Waals surface area contributed by atoms with Gasteiger partial charge < -0.3 is 16.0 Å². The Morgan fingerprint density at radius 2 is 1.86 bits per heavy atom. The van der Waals surface area contributed by atoms with Crippen molar-refractivity contribution in [1.82, 2.24) is 5.32 Å². The molecule has 1 aliphatic heterocycles. The number of nitrogens with zero attached hydrogens (tertiary/aromatic N) is 2. The number of rotatable bonds is 8. The van der Waals surface area contributed by atoms with E-state index in [1.165, 1.54) is 18.2 Å². The molecule has 42 heavy (non-hydrogen) atoms. The van der Waals surface area contributed by atoms with Crippen molar-refractivity contribution in [1.29, 1.82) is 5.26 Å². The Morgan fingerprint density at radius 3 is 2.50 bits per heavy atom. The van der Waals surface area contributed by atoms with Gasteiger partial charge in [0.1, 0.15) is 6.04 Å². The summed E-state index contributed by atoms with van der Waals surface area (Å²) < 4.78 is 39.9. The van der Waals surface area contributed by atoms with Crippen LogP contribution in [0.25, 0.3) is 0 Å². The maximum Gasteiger partial charge on any atom is 0.389 e. The first-order chi connectivity index (χ1) is 19.9. The van der Waals surface area contributed by atoms with E-state index in [1.54, 1.807) is 41.3 Å². The fourth-order valence-electron chi connectivity index (χ4n) is 5.32. The highest BCUT2D eigenvalue weighted by atomic mass is 35.5. The minimum Gasteiger partial charge on any atom is -0.369 e. The van der Waals surface area contributed by atoms with Gasteiger partial charge in [0.25, 0.3) is 0 Å². The van der Waals surface area contributed by atoms with Gasteiger partial charge in [-0.15, -0.1) is 0 Å². The molecule has 0 spiro atoms. The fraction of sp³-hybridized carbons (Fsp3) is 0.290. The Kier molecular flexibility index (Phi) is 9.22. The molecule has 3 aromatic carbocycles. The van der Waals surface area contributed by atoms with E-state index in [1.807, 2.05) is 25.1 Å². The van der Waals surface area contributed by atoms with Crippen LogP contribution >= 0.6 is 11.6 Å². The van der Waals surface area contributed by atoms with Crippen LogP contribution in [-0.2, 0) is 20.8 Å². The fourth-order valence-corrected chi connectivity index (χ4v) is 5.55. The normalized spacial score (nSPS) is 16.5. The van der Waals surface area contributed by atoms with Gasteiger partial charge in [0.2, 0.25) is 11.8 Å². The predicted molar refractivity (Wildman–Crippen MR) is 152 cm³/mol. The number of benzene rings is 3. The molecule has 218 valence electrons. The molecule has 1 aliphatic rings. The molecule has 0 bridgehead atoms. The number of halogens is 4. The molecule has 3 atom stereocenters. The molecule has 0 aromatic heterocycles. The molecule has 11 heteroatoms. The number of alkyl halides is 3. The number of hydrogen-bond donors (Lipinski definition) is 2. The zero-order chi connectivity index (χ0) is 30.6. The number of primary amides is 1. The van der Waals surface area contributed by atoms with Crippen LogP contribution in [0.4, 0.5) is 24.5 Å². The molecule has 0 fully saturated rings. The van der Waals surface area contributed by atoms with E-state index in [0.717, 1.165) is 5.56 Å². The zero-order valence-electron chi connectivity index (χ0n) is 22.6. The van der Waals surface area contributed by atoms with Crippen molar-refractivity contribution in [2.45, 2.75) is 44.3 Å². The Labute approximate surface area is 246 Å². The number of amides is 2. The van der Waals surface area contributed by atoms with Crippen molar-refractivity contribution >= 4 is 40.6 Å². The number of nitriles is 1. The van der Waals surface area contributed by atoms with Gasteiger partial charge in [0.05, 0.1) is 30.0 Å². The lowest BCUT2D eigenvalue weighted by Gasteiger charge is -2.30. The van der Waals surface area contributed by atoms with Crippen molar-refractivity contribution < 1.29 is 27.6 Å². The van der Waals surface area contributed by atoms with Gasteiger partial charge in [0, 0.05) is 29.2 Å². The van der Waals surface area contributed by atoms with E-state index in [0.29, 0.717) is 22.5 Å². The molecule has 0 saturated heterocycles. The first-order valence-corrected chi connectivity index (χ1v) is 13.6. The lowest BCUT2D eigenvalue weighted by Crippen LogP contribution is -2.50. The van der Waals surface area contributed by atoms with Gasteiger partial charge in [0.15, 0.2) is 5.78 Å². The SMILES string of the molecule is Cc1cccc2c1CC(=O)[C@@H](NC(=O)[C@H](CCC(F)(F)F)[C@@H](C(N)=O)c1ccccc1)CN2c1cc(Cl)cc(C#N)c1. The Balaban J connectivity index is 1.73. The second-order valence-electron chi connectivity index (χ2n) is 10.2. The lowest BCUT2D eigenvalue weighted by atomic mass is 9.81. The van der Waals surface area contributed by atoms with E-state index < -0.39 is 48.7 Å². The Bertz CT molecular complexity index is 1540. The molecule has 3 aromatic rings. The number of hydrogen-bond acceptors (Lipinski definition) is 5. The molecular weight excluding hydrogens is 569 g/mol. The molecule has 0 unspecified atom stereocenters. The average molecular weight is 597 g/mol. The lowest BCUT2D eigenvalue weighted by molar-refractivity contribution is -0.144. The van der Waals surface area contributed by atoms with Crippen LogP contribution in [0.5, 0.6) is 0 Å². The van der Waals surface area contributed by atoms with Gasteiger partial charge in [-0.3, -0.25) is 14.4 Å². The Hall–Kier alpha value is -4.36. The minimum atomic E-state index is -4.59. The second kappa shape index (κ2) is 12.7. The third-order valence-electron chi connectivity index (χ3n) is 7.36. The van der Waals surface area contributed by atoms with Gasteiger partial charge >= 0.3 is 6.18 Å². The van der Waals surface area contributed by atoms with E-state index in [2.05, 4.69) is 5.32 Å². The minimum absolute atomic E-state index is 0.0553. The van der Waals surface area contributed by atoms with Crippen molar-refractivity contribution in [3.63, 3.8) is 0 Å². The highest BCUT2D eigenvalue weighted by Crippen LogP contribution is 2.36. The zero-order valence-corrected chi connectivity index (χ0v) is 23.4. The van der Waals surface area contributed by atoms with Crippen LogP contribution in [0.3, 0.4) is 0 Å². The number of nitrogens with one attached hydrogen (secondary N) is 1. The van der Waals surface area contributed by atoms with Gasteiger partial charge in [-0.1, -0.05) is 54.1 Å². The summed E-state index contributed by atoms with van der Waals surface area (Å²) in [7, 11) is 0. The van der Waals surface area contributed by atoms with E-state index in [-0.39, 0.29) is 29.3 Å². The summed E-state index contributed by atoms with van der Waals surface area (Å²) >= 11 is 6.28. The van der Waals surface area contributed by atoms with Crippen molar-refractivity contribution in [2.75, 3.05) is 11.4 Å². The predicted octanol–water partition coefficient (Wildman–Crippen LogP) is 5.50. The quantitative estimate of drug-likeness (QED) is 0.356. The maximum absolute atomic E-state index is 13.7. The summed E-state index contributed by atoms with van der Waals surface area (Å²) in [6.07, 6.45) is -6.67. The third kappa shape index (κ3) is 7.09. The van der Waals surface area contributed by atoms with E-state index >= 15 is 0 Å². The van der Waals surface area contributed by atoms with Crippen molar-refractivity contribution in [3.05, 3.63) is 94.0 Å². The molecule has 4 rings (SSSR count). The highest BCUT2D eigenvalue weighted by Gasteiger charge is 2.40. The van der Waals surface area contributed by atoms with Crippen LogP contribution in [0.2, 0.25) is 5.02 Å². The number of carbonyl (C=O) groups is 3. The number of aryl methyl sites for hydroxylation is 1. The largest absolute Gasteiger partial charge is 0.389 e. The van der Waals surface area contributed by atoms with Crippen LogP contribution in [-0.4, -0.2) is 36.4 Å². The van der Waals surface area contributed by atoms with Gasteiger partial charge in [-0.05, 0) is 54.3 Å². The number of carbonyl (C=O) groups excluding carboxylic acids is 3. The highest BCUT2D eigenvalue weighted by molar-refractivity contribution is 6.31. The number of ketones is 1. The summed E-state index contributed by atoms with van der Waals surface area (Å²) in [6.45, 7) is 1.75. The third-order valence-corrected chi connectivity index (χ3v) is 7.58. The first kappa shape index (κ1) is 30.6. The monoisotopic (exact) mass is 596 g/mol. The number of fused-ring (bicyclic) bond motifs is 1. The second-order valence-corrected chi connectivity index (χ2v) is 10.7. The van der Waals surface area contributed by atoms with E-state index in [9.17, 15) is 32.8 Å². The summed E-state index contributed by atoms with van der Waals surface area (Å²) in [5, 5.41) is 12.4. The number of nitrogens with two attached hydrogens (primary N) is 1. The van der Waals surface area contributed by atoms with Crippen molar-refractivity contribution in [2.24, 2.45) is 11.7 Å².